The van der Waals surface area contributed by atoms with Crippen molar-refractivity contribution >= 4 is 20.0 Å². The van der Waals surface area contributed by atoms with E-state index in [2.05, 4.69) is 33.9 Å². The average molecular weight is 321 g/mol. The third-order valence-electron chi connectivity index (χ3n) is 6.20. The summed E-state index contributed by atoms with van der Waals surface area (Å²) in [5.41, 5.74) is -0.205. The number of carbonyl (C=O) groups is 2. The number of piperidine rings is 1. The van der Waals surface area contributed by atoms with Crippen LogP contribution >= 0.6 is 0 Å². The molecule has 3 rings (SSSR count). The molecule has 0 aromatic carbocycles. The molecule has 2 aliphatic heterocycles. The molecule has 0 radical (unpaired) electrons. The fourth-order valence-corrected chi connectivity index (χ4v) is 5.15. The Kier molecular flexibility index (Phi) is 3.46. The van der Waals surface area contributed by atoms with Crippen LogP contribution < -0.4 is 0 Å². The molecule has 4 nitrogen and oxygen atoms in total. The zero-order valence-corrected chi connectivity index (χ0v) is 15.3. The van der Waals surface area contributed by atoms with Gasteiger partial charge < -0.3 is 9.33 Å². The highest BCUT2D eigenvalue weighted by molar-refractivity contribution is 6.74. The van der Waals surface area contributed by atoms with E-state index >= 15 is 0 Å². The van der Waals surface area contributed by atoms with E-state index in [1.54, 1.807) is 11.0 Å². The minimum Gasteiger partial charge on any atom is -0.413 e. The maximum absolute atomic E-state index is 12.5. The Morgan fingerprint density at radius 1 is 1.32 bits per heavy atom. The minimum absolute atomic E-state index is 0.00411. The van der Waals surface area contributed by atoms with Crippen LogP contribution in [-0.2, 0) is 14.0 Å². The largest absolute Gasteiger partial charge is 0.413 e. The highest BCUT2D eigenvalue weighted by Gasteiger charge is 2.55. The lowest BCUT2D eigenvalue weighted by Crippen LogP contribution is -2.62. The lowest BCUT2D eigenvalue weighted by molar-refractivity contribution is -0.149. The monoisotopic (exact) mass is 321 g/mol. The summed E-state index contributed by atoms with van der Waals surface area (Å²) in [6.07, 6.45) is 6.23. The fourth-order valence-electron chi connectivity index (χ4n) is 3.76. The summed E-state index contributed by atoms with van der Waals surface area (Å²) >= 11 is 0. The lowest BCUT2D eigenvalue weighted by atomic mass is 9.69. The molecule has 2 fully saturated rings. The van der Waals surface area contributed by atoms with E-state index < -0.39 is 8.32 Å². The maximum atomic E-state index is 12.5. The number of nitrogens with zero attached hydrogens (tertiary/aromatic N) is 1. The van der Waals surface area contributed by atoms with Crippen molar-refractivity contribution in [1.82, 2.24) is 4.90 Å². The van der Waals surface area contributed by atoms with E-state index in [4.69, 9.17) is 4.43 Å². The van der Waals surface area contributed by atoms with Crippen molar-refractivity contribution < 1.29 is 14.0 Å². The van der Waals surface area contributed by atoms with Gasteiger partial charge in [0, 0.05) is 12.0 Å². The minimum atomic E-state index is -1.88. The normalized spacial score (nSPS) is 35.0. The second kappa shape index (κ2) is 4.77. The van der Waals surface area contributed by atoms with Crippen LogP contribution in [0.2, 0.25) is 18.1 Å². The van der Waals surface area contributed by atoms with Gasteiger partial charge in [-0.3, -0.25) is 9.59 Å². The Labute approximate surface area is 134 Å². The van der Waals surface area contributed by atoms with Crippen molar-refractivity contribution in [3.8, 4) is 0 Å². The smallest absolute Gasteiger partial charge is 0.247 e. The summed E-state index contributed by atoms with van der Waals surface area (Å²) in [5.74, 6) is 0.126. The molecule has 1 saturated carbocycles. The predicted octanol–water partition coefficient (Wildman–Crippen LogP) is 2.90. The summed E-state index contributed by atoms with van der Waals surface area (Å²) in [7, 11) is -1.88. The number of hydrogen-bond donors (Lipinski definition) is 0. The summed E-state index contributed by atoms with van der Waals surface area (Å²) in [6.45, 7) is 11.4. The molecule has 1 amide bonds. The van der Waals surface area contributed by atoms with Crippen molar-refractivity contribution in [3.05, 3.63) is 12.2 Å². The summed E-state index contributed by atoms with van der Waals surface area (Å²) in [5, 5.41) is 0.148. The molecular weight excluding hydrogens is 294 g/mol. The van der Waals surface area contributed by atoms with E-state index in [0.717, 1.165) is 19.3 Å². The first-order chi connectivity index (χ1) is 10.1. The maximum Gasteiger partial charge on any atom is 0.247 e. The van der Waals surface area contributed by atoms with Crippen molar-refractivity contribution in [2.75, 3.05) is 6.54 Å². The molecule has 122 valence electrons. The number of carbonyl (C=O) groups excluding carboxylic acids is 2. The van der Waals surface area contributed by atoms with Crippen LogP contribution in [0.5, 0.6) is 0 Å². The van der Waals surface area contributed by atoms with E-state index in [9.17, 15) is 9.59 Å². The number of ketones is 1. The summed E-state index contributed by atoms with van der Waals surface area (Å²) < 4.78 is 6.56. The summed E-state index contributed by atoms with van der Waals surface area (Å²) in [6, 6.07) is 0. The number of amides is 1. The molecule has 3 aliphatic rings. The Morgan fingerprint density at radius 3 is 2.64 bits per heavy atom. The highest BCUT2D eigenvalue weighted by atomic mass is 28.4. The molecule has 1 spiro atoms. The van der Waals surface area contributed by atoms with Gasteiger partial charge in [-0.15, -0.1) is 0 Å². The standard InChI is InChI=1S/C17H27NO3Si/c1-16(2,3)22(4,5)21-14-6-8-17-9-7-15(20)18(17)11-13(19)12(14)10-17/h7,9,12,14H,6,8,10-11H2,1-5H3. The molecule has 0 aromatic rings. The Bertz CT molecular complexity index is 549. The molecule has 3 unspecified atom stereocenters. The van der Waals surface area contributed by atoms with Crippen LogP contribution in [0, 0.1) is 5.92 Å². The zero-order valence-electron chi connectivity index (χ0n) is 14.3. The topological polar surface area (TPSA) is 46.6 Å². The SMILES string of the molecule is CC(C)(C)[Si](C)(C)OC1CCC23C=CC(=O)N2CC(=O)C1C3. The first-order valence-electron chi connectivity index (χ1n) is 8.27. The van der Waals surface area contributed by atoms with Crippen molar-refractivity contribution in [1.29, 1.82) is 0 Å². The van der Waals surface area contributed by atoms with Crippen molar-refractivity contribution in [2.45, 2.75) is 69.8 Å². The highest BCUT2D eigenvalue weighted by Crippen LogP contribution is 2.48. The van der Waals surface area contributed by atoms with Gasteiger partial charge in [0.1, 0.15) is 0 Å². The van der Waals surface area contributed by atoms with Crippen LogP contribution in [0.4, 0.5) is 0 Å². The first kappa shape index (κ1) is 15.9. The fraction of sp³-hybridized carbons (Fsp3) is 0.765. The van der Waals surface area contributed by atoms with E-state index in [1.807, 2.05) is 6.08 Å². The molecule has 1 saturated heterocycles. The van der Waals surface area contributed by atoms with Gasteiger partial charge in [0.25, 0.3) is 0 Å². The van der Waals surface area contributed by atoms with Crippen LogP contribution in [0.1, 0.15) is 40.0 Å². The van der Waals surface area contributed by atoms with Gasteiger partial charge in [-0.05, 0) is 37.4 Å². The predicted molar refractivity (Wildman–Crippen MR) is 88.0 cm³/mol. The average Bonchev–Trinajstić information content (AvgIpc) is 2.70. The van der Waals surface area contributed by atoms with Crippen LogP contribution in [0.3, 0.4) is 0 Å². The lowest BCUT2D eigenvalue weighted by Gasteiger charge is -2.52. The quantitative estimate of drug-likeness (QED) is 0.735. The third kappa shape index (κ3) is 2.29. The first-order valence-corrected chi connectivity index (χ1v) is 11.2. The van der Waals surface area contributed by atoms with E-state index in [0.29, 0.717) is 0 Å². The summed E-state index contributed by atoms with van der Waals surface area (Å²) in [4.78, 5) is 26.3. The molecule has 22 heavy (non-hydrogen) atoms. The van der Waals surface area contributed by atoms with Crippen molar-refractivity contribution in [3.63, 3.8) is 0 Å². The van der Waals surface area contributed by atoms with Gasteiger partial charge in [-0.25, -0.2) is 0 Å². The van der Waals surface area contributed by atoms with E-state index in [-0.39, 0.29) is 40.8 Å². The molecule has 5 heteroatoms. The zero-order chi connectivity index (χ0) is 16.3. The van der Waals surface area contributed by atoms with Gasteiger partial charge in [0.15, 0.2) is 14.1 Å². The third-order valence-corrected chi connectivity index (χ3v) is 10.7. The van der Waals surface area contributed by atoms with E-state index in [1.165, 1.54) is 0 Å². The molecule has 1 aliphatic carbocycles. The Hall–Kier alpha value is -0.943. The van der Waals surface area contributed by atoms with Crippen molar-refractivity contribution in [2.24, 2.45) is 5.92 Å². The van der Waals surface area contributed by atoms with Gasteiger partial charge in [-0.1, -0.05) is 26.8 Å². The van der Waals surface area contributed by atoms with Gasteiger partial charge >= 0.3 is 0 Å². The molecule has 2 heterocycles. The van der Waals surface area contributed by atoms with Crippen LogP contribution in [0.15, 0.2) is 12.2 Å². The molecular formula is C17H27NO3Si. The number of fused-ring (bicyclic) bond motifs is 1. The van der Waals surface area contributed by atoms with Gasteiger partial charge in [0.05, 0.1) is 18.2 Å². The number of hydrogen-bond acceptors (Lipinski definition) is 3. The Balaban J connectivity index is 1.81. The second-order valence-electron chi connectivity index (χ2n) is 8.59. The number of rotatable bonds is 2. The van der Waals surface area contributed by atoms with Gasteiger partial charge in [-0.2, -0.15) is 0 Å². The molecule has 3 atom stereocenters. The van der Waals surface area contributed by atoms with Crippen LogP contribution in [0.25, 0.3) is 0 Å². The Morgan fingerprint density at radius 2 is 2.00 bits per heavy atom. The second-order valence-corrected chi connectivity index (χ2v) is 13.3. The molecule has 0 aromatic heterocycles. The molecule has 2 bridgehead atoms. The van der Waals surface area contributed by atoms with Gasteiger partial charge in [0.2, 0.25) is 5.91 Å². The number of Topliss-reactive ketones (excluding diaryl/α,β-unsaturated/α-hetero) is 1. The van der Waals surface area contributed by atoms with Crippen LogP contribution in [-0.4, -0.2) is 43.1 Å². The molecule has 0 N–H and O–H groups in total.